The molecule has 3 nitrogen and oxygen atoms in total. The van der Waals surface area contributed by atoms with Gasteiger partial charge in [0.05, 0.1) is 33.2 Å². The van der Waals surface area contributed by atoms with Crippen LogP contribution >= 0.6 is 11.8 Å². The average Bonchev–Trinajstić information content (AvgIpc) is 3.88. The number of aromatic nitrogens is 1. The summed E-state index contributed by atoms with van der Waals surface area (Å²) in [5, 5.41) is 2.47. The number of ether oxygens (including phenoxy) is 1. The predicted molar refractivity (Wildman–Crippen MR) is 320 cm³/mol. The number of anilines is 3. The third-order valence-electron chi connectivity index (χ3n) is 17.3. The van der Waals surface area contributed by atoms with E-state index in [-0.39, 0.29) is 0 Å². The summed E-state index contributed by atoms with van der Waals surface area (Å²) in [6, 6.07) is 104. The molecule has 2 spiro atoms. The standard InChI is InChI=1S/C74H46N2OS/c1-2-22-49(23-3-1)75-63-36-13-6-25-51(63)52-44-43-48(46-66(52)75)47-21-18-24-50(45-47)76(64-37-19-34-61-71(64)53-26-4-7-28-55(53)73(61)57-30-9-14-39-67(57)77-68-40-15-10-31-58(68)73)65-38-20-35-62-72(65)54-27-5-8-29-56(54)74(62)59-32-11-16-41-69(59)78-70-42-17-12-33-60(70)74/h1-46H. The van der Waals surface area contributed by atoms with Gasteiger partial charge in [0.1, 0.15) is 11.5 Å². The minimum atomic E-state index is -0.643. The molecule has 78 heavy (non-hydrogen) atoms. The first kappa shape index (κ1) is 43.6. The summed E-state index contributed by atoms with van der Waals surface area (Å²) in [7, 11) is 0. The van der Waals surface area contributed by atoms with Crippen LogP contribution in [0.5, 0.6) is 11.5 Å². The normalized spacial score (nSPS) is 14.2. The molecule has 3 heterocycles. The van der Waals surface area contributed by atoms with Crippen molar-refractivity contribution >= 4 is 50.6 Å². The third-order valence-corrected chi connectivity index (χ3v) is 18.5. The number of para-hydroxylation sites is 4. The first-order valence-corrected chi connectivity index (χ1v) is 27.7. The monoisotopic (exact) mass is 1010 g/mol. The highest BCUT2D eigenvalue weighted by Gasteiger charge is 2.54. The van der Waals surface area contributed by atoms with Crippen molar-refractivity contribution in [2.75, 3.05) is 4.90 Å². The molecule has 4 heteroatoms. The van der Waals surface area contributed by atoms with Crippen LogP contribution in [-0.4, -0.2) is 4.57 Å². The number of rotatable bonds is 5. The average molecular weight is 1010 g/mol. The molecule has 2 aliphatic heterocycles. The highest BCUT2D eigenvalue weighted by atomic mass is 32.2. The molecule has 13 aromatic rings. The lowest BCUT2D eigenvalue weighted by Crippen LogP contribution is -2.32. The Labute approximate surface area is 456 Å². The molecule has 0 unspecified atom stereocenters. The van der Waals surface area contributed by atoms with Gasteiger partial charge in [-0.15, -0.1) is 0 Å². The molecule has 2 aliphatic carbocycles. The molecule has 12 aromatic carbocycles. The summed E-state index contributed by atoms with van der Waals surface area (Å²) in [6.07, 6.45) is 0. The number of nitrogens with zero attached hydrogens (tertiary/aromatic N) is 2. The van der Waals surface area contributed by atoms with E-state index in [1.165, 1.54) is 87.2 Å². The number of fused-ring (bicyclic) bond motifs is 21. The Hall–Kier alpha value is -9.61. The Kier molecular flexibility index (Phi) is 9.20. The minimum absolute atomic E-state index is 0.550. The van der Waals surface area contributed by atoms with E-state index >= 15 is 0 Å². The second kappa shape index (κ2) is 16.4. The van der Waals surface area contributed by atoms with E-state index < -0.39 is 10.8 Å². The van der Waals surface area contributed by atoms with Crippen LogP contribution < -0.4 is 9.64 Å². The highest BCUT2D eigenvalue weighted by molar-refractivity contribution is 7.99. The summed E-state index contributed by atoms with van der Waals surface area (Å²) in [6.45, 7) is 0. The van der Waals surface area contributed by atoms with E-state index in [0.717, 1.165) is 56.5 Å². The molecular weight excluding hydrogens is 965 g/mol. The second-order valence-corrected chi connectivity index (χ2v) is 22.1. The van der Waals surface area contributed by atoms with Crippen molar-refractivity contribution in [1.29, 1.82) is 0 Å². The summed E-state index contributed by atoms with van der Waals surface area (Å²) in [5.74, 6) is 1.76. The predicted octanol–water partition coefficient (Wildman–Crippen LogP) is 19.2. The van der Waals surface area contributed by atoms with Crippen molar-refractivity contribution in [3.63, 3.8) is 0 Å². The van der Waals surface area contributed by atoms with Crippen molar-refractivity contribution < 1.29 is 4.74 Å². The quantitative estimate of drug-likeness (QED) is 0.171. The molecule has 0 N–H and O–H groups in total. The van der Waals surface area contributed by atoms with Crippen molar-refractivity contribution in [3.05, 3.63) is 324 Å². The van der Waals surface area contributed by atoms with E-state index in [1.807, 2.05) is 11.8 Å². The maximum Gasteiger partial charge on any atom is 0.132 e. The van der Waals surface area contributed by atoms with Crippen LogP contribution in [0.2, 0.25) is 0 Å². The topological polar surface area (TPSA) is 17.4 Å². The van der Waals surface area contributed by atoms with E-state index in [9.17, 15) is 0 Å². The minimum Gasteiger partial charge on any atom is -0.457 e. The van der Waals surface area contributed by atoms with Gasteiger partial charge in [0.25, 0.3) is 0 Å². The molecule has 0 saturated carbocycles. The molecule has 4 aliphatic rings. The number of hydrogen-bond acceptors (Lipinski definition) is 3. The molecule has 0 fully saturated rings. The molecular formula is C74H46N2OS. The molecule has 0 saturated heterocycles. The van der Waals surface area contributed by atoms with E-state index in [2.05, 4.69) is 289 Å². The van der Waals surface area contributed by atoms with E-state index in [4.69, 9.17) is 4.74 Å². The van der Waals surface area contributed by atoms with Gasteiger partial charge >= 0.3 is 0 Å². The molecule has 1 aromatic heterocycles. The summed E-state index contributed by atoms with van der Waals surface area (Å²) in [5.41, 5.74) is 22.9. The van der Waals surface area contributed by atoms with Gasteiger partial charge in [0.2, 0.25) is 0 Å². The van der Waals surface area contributed by atoms with Crippen LogP contribution in [0.3, 0.4) is 0 Å². The maximum atomic E-state index is 6.82. The first-order chi connectivity index (χ1) is 38.7. The first-order valence-electron chi connectivity index (χ1n) is 26.9. The molecule has 0 bridgehead atoms. The summed E-state index contributed by atoms with van der Waals surface area (Å²) < 4.78 is 9.23. The Balaban J connectivity index is 0.963. The van der Waals surface area contributed by atoms with Gasteiger partial charge < -0.3 is 14.2 Å². The van der Waals surface area contributed by atoms with Crippen molar-refractivity contribution in [2.45, 2.75) is 20.6 Å². The van der Waals surface area contributed by atoms with Gasteiger partial charge in [0.15, 0.2) is 0 Å². The van der Waals surface area contributed by atoms with Crippen molar-refractivity contribution in [1.82, 2.24) is 4.57 Å². The Morgan fingerprint density at radius 3 is 1.45 bits per heavy atom. The van der Waals surface area contributed by atoms with Crippen LogP contribution in [0.1, 0.15) is 44.5 Å². The van der Waals surface area contributed by atoms with Gasteiger partial charge in [-0.3, -0.25) is 0 Å². The Morgan fingerprint density at radius 2 is 0.808 bits per heavy atom. The van der Waals surface area contributed by atoms with E-state index in [0.29, 0.717) is 0 Å². The van der Waals surface area contributed by atoms with Crippen molar-refractivity contribution in [3.8, 4) is 50.6 Å². The fourth-order valence-electron chi connectivity index (χ4n) is 14.4. The van der Waals surface area contributed by atoms with Crippen molar-refractivity contribution in [2.24, 2.45) is 0 Å². The highest BCUT2D eigenvalue weighted by Crippen LogP contribution is 2.67. The van der Waals surface area contributed by atoms with Gasteiger partial charge in [-0.05, 0) is 128 Å². The van der Waals surface area contributed by atoms with Crippen LogP contribution in [0.15, 0.2) is 289 Å². The molecule has 0 amide bonds. The van der Waals surface area contributed by atoms with Crippen LogP contribution in [0.25, 0.3) is 60.9 Å². The van der Waals surface area contributed by atoms with Gasteiger partial charge in [-0.25, -0.2) is 0 Å². The zero-order valence-electron chi connectivity index (χ0n) is 42.3. The van der Waals surface area contributed by atoms with Crippen LogP contribution in [0, 0.1) is 0 Å². The lowest BCUT2D eigenvalue weighted by Gasteiger charge is -2.40. The zero-order chi connectivity index (χ0) is 51.1. The van der Waals surface area contributed by atoms with E-state index in [1.54, 1.807) is 0 Å². The fraction of sp³-hybridized carbons (Fsp3) is 0.0270. The Bertz CT molecular complexity index is 4380. The number of hydrogen-bond donors (Lipinski definition) is 0. The van der Waals surface area contributed by atoms with Gasteiger partial charge in [-0.2, -0.15) is 0 Å². The fourth-order valence-corrected chi connectivity index (χ4v) is 15.6. The van der Waals surface area contributed by atoms with Crippen LogP contribution in [0.4, 0.5) is 17.1 Å². The third kappa shape index (κ3) is 5.74. The lowest BCUT2D eigenvalue weighted by atomic mass is 9.66. The van der Waals surface area contributed by atoms with Gasteiger partial charge in [-0.1, -0.05) is 218 Å². The van der Waals surface area contributed by atoms with Crippen LogP contribution in [-0.2, 0) is 10.8 Å². The molecule has 17 rings (SSSR count). The zero-order valence-corrected chi connectivity index (χ0v) is 43.1. The molecule has 364 valence electrons. The molecule has 0 atom stereocenters. The summed E-state index contributed by atoms with van der Waals surface area (Å²) >= 11 is 1.88. The smallest absolute Gasteiger partial charge is 0.132 e. The Morgan fingerprint density at radius 1 is 0.333 bits per heavy atom. The second-order valence-electron chi connectivity index (χ2n) is 21.0. The SMILES string of the molecule is c1ccc(-n2c3ccccc3c3ccc(-c4cccc(N(c5cccc6c5-c5ccccc5C65c6ccccc6Oc6ccccc65)c5cccc6c5-c5ccccc5C65c6ccccc6Sc6ccccc65)c4)cc32)cc1. The maximum absolute atomic E-state index is 6.82. The van der Waals surface area contributed by atoms with Gasteiger partial charge in [0, 0.05) is 54.2 Å². The summed E-state index contributed by atoms with van der Waals surface area (Å²) in [4.78, 5) is 5.17. The number of benzene rings is 12. The molecule has 0 radical (unpaired) electrons. The largest absolute Gasteiger partial charge is 0.457 e. The lowest BCUT2D eigenvalue weighted by molar-refractivity contribution is 0.436.